The van der Waals surface area contributed by atoms with Crippen molar-refractivity contribution in [1.82, 2.24) is 5.32 Å². The molecule has 0 fully saturated rings. The lowest BCUT2D eigenvalue weighted by atomic mass is 10.1. The zero-order valence-corrected chi connectivity index (χ0v) is 8.53. The SMILES string of the molecule is CC(C)CNC(=O)C(F)(F)C(C)C. The third-order valence-corrected chi connectivity index (χ3v) is 1.70. The highest BCUT2D eigenvalue weighted by Crippen LogP contribution is 2.23. The van der Waals surface area contributed by atoms with Gasteiger partial charge in [-0.15, -0.1) is 0 Å². The standard InChI is InChI=1S/C9H17F2NO/c1-6(2)5-12-8(13)9(10,11)7(3)4/h6-7H,5H2,1-4H3,(H,12,13). The molecule has 0 spiro atoms. The second-order valence-corrected chi connectivity index (χ2v) is 3.88. The zero-order chi connectivity index (χ0) is 10.6. The van der Waals surface area contributed by atoms with Crippen molar-refractivity contribution in [3.05, 3.63) is 0 Å². The lowest BCUT2D eigenvalue weighted by Gasteiger charge is -2.19. The average Bonchev–Trinajstić information content (AvgIpc) is 1.99. The van der Waals surface area contributed by atoms with Crippen LogP contribution < -0.4 is 5.32 Å². The van der Waals surface area contributed by atoms with Crippen LogP contribution in [0.15, 0.2) is 0 Å². The molecule has 0 aromatic carbocycles. The van der Waals surface area contributed by atoms with Crippen molar-refractivity contribution in [1.29, 1.82) is 0 Å². The average molecular weight is 193 g/mol. The van der Waals surface area contributed by atoms with Gasteiger partial charge in [0.15, 0.2) is 0 Å². The van der Waals surface area contributed by atoms with E-state index in [9.17, 15) is 13.6 Å². The molecule has 2 nitrogen and oxygen atoms in total. The molecule has 0 aliphatic carbocycles. The minimum atomic E-state index is -3.26. The number of carbonyl (C=O) groups excluding carboxylic acids is 1. The third kappa shape index (κ3) is 3.70. The second kappa shape index (κ2) is 4.53. The summed E-state index contributed by atoms with van der Waals surface area (Å²) in [4.78, 5) is 10.9. The number of rotatable bonds is 4. The minimum Gasteiger partial charge on any atom is -0.351 e. The second-order valence-electron chi connectivity index (χ2n) is 3.88. The molecule has 0 bridgehead atoms. The summed E-state index contributed by atoms with van der Waals surface area (Å²) in [6, 6.07) is 0. The van der Waals surface area contributed by atoms with Gasteiger partial charge in [-0.1, -0.05) is 27.7 Å². The molecule has 1 amide bonds. The van der Waals surface area contributed by atoms with Crippen LogP contribution in [0, 0.1) is 11.8 Å². The van der Waals surface area contributed by atoms with Crippen LogP contribution in [0.5, 0.6) is 0 Å². The zero-order valence-electron chi connectivity index (χ0n) is 8.53. The van der Waals surface area contributed by atoms with Gasteiger partial charge in [0.1, 0.15) is 0 Å². The van der Waals surface area contributed by atoms with Gasteiger partial charge in [0.2, 0.25) is 0 Å². The van der Waals surface area contributed by atoms with Gasteiger partial charge in [-0.3, -0.25) is 4.79 Å². The molecular weight excluding hydrogens is 176 g/mol. The molecule has 0 saturated heterocycles. The van der Waals surface area contributed by atoms with Crippen LogP contribution in [0.2, 0.25) is 0 Å². The maximum absolute atomic E-state index is 13.0. The number of hydrogen-bond acceptors (Lipinski definition) is 1. The molecule has 0 aromatic rings. The molecule has 0 rings (SSSR count). The van der Waals surface area contributed by atoms with Crippen molar-refractivity contribution in [2.24, 2.45) is 11.8 Å². The highest BCUT2D eigenvalue weighted by molar-refractivity contribution is 5.83. The van der Waals surface area contributed by atoms with Crippen molar-refractivity contribution in [3.63, 3.8) is 0 Å². The molecule has 0 aliphatic rings. The summed E-state index contributed by atoms with van der Waals surface area (Å²) in [7, 11) is 0. The number of alkyl halides is 2. The van der Waals surface area contributed by atoms with Crippen molar-refractivity contribution < 1.29 is 13.6 Å². The van der Waals surface area contributed by atoms with E-state index in [4.69, 9.17) is 0 Å². The summed E-state index contributed by atoms with van der Waals surface area (Å²) in [6.07, 6.45) is 0. The Bertz CT molecular complexity index is 178. The smallest absolute Gasteiger partial charge is 0.326 e. The molecule has 4 heteroatoms. The summed E-state index contributed by atoms with van der Waals surface area (Å²) < 4.78 is 26.0. The van der Waals surface area contributed by atoms with Gasteiger partial charge >= 0.3 is 5.92 Å². The minimum absolute atomic E-state index is 0.187. The largest absolute Gasteiger partial charge is 0.351 e. The number of carbonyl (C=O) groups is 1. The fourth-order valence-electron chi connectivity index (χ4n) is 0.677. The Labute approximate surface area is 77.7 Å². The first-order chi connectivity index (χ1) is 5.78. The predicted molar refractivity (Wildman–Crippen MR) is 47.6 cm³/mol. The van der Waals surface area contributed by atoms with Gasteiger partial charge in [-0.2, -0.15) is 8.78 Å². The van der Waals surface area contributed by atoms with E-state index in [1.807, 2.05) is 13.8 Å². The molecule has 0 radical (unpaired) electrons. The van der Waals surface area contributed by atoms with Gasteiger partial charge in [-0.05, 0) is 5.92 Å². The molecule has 0 saturated carbocycles. The fourth-order valence-corrected chi connectivity index (χ4v) is 0.677. The molecule has 0 aromatic heterocycles. The van der Waals surface area contributed by atoms with E-state index in [0.717, 1.165) is 0 Å². The Morgan fingerprint density at radius 2 is 1.77 bits per heavy atom. The quantitative estimate of drug-likeness (QED) is 0.727. The number of amides is 1. The van der Waals surface area contributed by atoms with Crippen molar-refractivity contribution in [2.75, 3.05) is 6.54 Å². The third-order valence-electron chi connectivity index (χ3n) is 1.70. The molecule has 0 atom stereocenters. The normalized spacial score (nSPS) is 12.3. The van der Waals surface area contributed by atoms with E-state index >= 15 is 0 Å². The monoisotopic (exact) mass is 193 g/mol. The van der Waals surface area contributed by atoms with Crippen molar-refractivity contribution in [2.45, 2.75) is 33.6 Å². The van der Waals surface area contributed by atoms with E-state index < -0.39 is 17.7 Å². The lowest BCUT2D eigenvalue weighted by molar-refractivity contribution is -0.152. The Hall–Kier alpha value is -0.670. The Morgan fingerprint density at radius 1 is 1.31 bits per heavy atom. The van der Waals surface area contributed by atoms with Crippen LogP contribution in [0.1, 0.15) is 27.7 Å². The highest BCUT2D eigenvalue weighted by Gasteiger charge is 2.41. The number of nitrogens with one attached hydrogen (secondary N) is 1. The van der Waals surface area contributed by atoms with Crippen LogP contribution in [-0.2, 0) is 4.79 Å². The molecule has 0 aliphatic heterocycles. The Kier molecular flexibility index (Phi) is 4.30. The lowest BCUT2D eigenvalue weighted by Crippen LogP contribution is -2.44. The summed E-state index contributed by atoms with van der Waals surface area (Å²) in [6.45, 7) is 6.66. The van der Waals surface area contributed by atoms with E-state index in [1.54, 1.807) is 0 Å². The van der Waals surface area contributed by atoms with Crippen molar-refractivity contribution in [3.8, 4) is 0 Å². The predicted octanol–water partition coefficient (Wildman–Crippen LogP) is 2.05. The summed E-state index contributed by atoms with van der Waals surface area (Å²) in [5.74, 6) is -5.20. The first-order valence-corrected chi connectivity index (χ1v) is 4.44. The number of halogens is 2. The molecule has 13 heavy (non-hydrogen) atoms. The van der Waals surface area contributed by atoms with Gasteiger partial charge in [-0.25, -0.2) is 0 Å². The molecular formula is C9H17F2NO. The molecule has 0 unspecified atom stereocenters. The van der Waals surface area contributed by atoms with E-state index in [-0.39, 0.29) is 5.92 Å². The van der Waals surface area contributed by atoms with Crippen LogP contribution in [0.4, 0.5) is 8.78 Å². The summed E-state index contributed by atoms with van der Waals surface area (Å²) in [5, 5.41) is 2.21. The van der Waals surface area contributed by atoms with E-state index in [1.165, 1.54) is 13.8 Å². The van der Waals surface area contributed by atoms with Gasteiger partial charge in [0.25, 0.3) is 5.91 Å². The number of hydrogen-bond donors (Lipinski definition) is 1. The van der Waals surface area contributed by atoms with Gasteiger partial charge in [0, 0.05) is 12.5 Å². The molecule has 78 valence electrons. The Morgan fingerprint density at radius 3 is 2.08 bits per heavy atom. The molecule has 1 N–H and O–H groups in total. The highest BCUT2D eigenvalue weighted by atomic mass is 19.3. The summed E-state index contributed by atoms with van der Waals surface area (Å²) in [5.41, 5.74) is 0. The van der Waals surface area contributed by atoms with Crippen LogP contribution in [0.25, 0.3) is 0 Å². The van der Waals surface area contributed by atoms with Gasteiger partial charge < -0.3 is 5.32 Å². The van der Waals surface area contributed by atoms with Crippen LogP contribution >= 0.6 is 0 Å². The summed E-state index contributed by atoms with van der Waals surface area (Å²) >= 11 is 0. The Balaban J connectivity index is 4.10. The maximum atomic E-state index is 13.0. The topological polar surface area (TPSA) is 29.1 Å². The van der Waals surface area contributed by atoms with Crippen molar-refractivity contribution >= 4 is 5.91 Å². The first-order valence-electron chi connectivity index (χ1n) is 4.44. The van der Waals surface area contributed by atoms with E-state index in [0.29, 0.717) is 6.54 Å². The van der Waals surface area contributed by atoms with Gasteiger partial charge in [0.05, 0.1) is 0 Å². The van der Waals surface area contributed by atoms with E-state index in [2.05, 4.69) is 5.32 Å². The first kappa shape index (κ1) is 12.3. The van der Waals surface area contributed by atoms with Crippen LogP contribution in [0.3, 0.4) is 0 Å². The maximum Gasteiger partial charge on any atom is 0.326 e. The molecule has 0 heterocycles. The van der Waals surface area contributed by atoms with Crippen LogP contribution in [-0.4, -0.2) is 18.4 Å². The fraction of sp³-hybridized carbons (Fsp3) is 0.889.